The van der Waals surface area contributed by atoms with Crippen LogP contribution in [0.2, 0.25) is 0 Å². The van der Waals surface area contributed by atoms with E-state index >= 15 is 0 Å². The number of rotatable bonds is 11. The van der Waals surface area contributed by atoms with Gasteiger partial charge in [-0.2, -0.15) is 0 Å². The summed E-state index contributed by atoms with van der Waals surface area (Å²) in [6.07, 6.45) is 1.37. The van der Waals surface area contributed by atoms with Gasteiger partial charge in [-0.3, -0.25) is 0 Å². The summed E-state index contributed by atoms with van der Waals surface area (Å²) in [5.74, 6) is -0.398. The van der Waals surface area contributed by atoms with Crippen LogP contribution in [0.1, 0.15) is 13.8 Å². The summed E-state index contributed by atoms with van der Waals surface area (Å²) in [5.41, 5.74) is 0.384. The zero-order chi connectivity index (χ0) is 13.8. The lowest BCUT2D eigenvalue weighted by Crippen LogP contribution is -2.18. The minimum absolute atomic E-state index is 0.00663. The summed E-state index contributed by atoms with van der Waals surface area (Å²) in [5, 5.41) is 0. The van der Waals surface area contributed by atoms with Gasteiger partial charge in [0.05, 0.1) is 32.2 Å². The summed E-state index contributed by atoms with van der Waals surface area (Å²) in [7, 11) is 0. The second-order valence-corrected chi connectivity index (χ2v) is 3.71. The van der Waals surface area contributed by atoms with Crippen LogP contribution in [0.15, 0.2) is 25.0 Å². The number of hydrogen-bond acceptors (Lipinski definition) is 5. The van der Waals surface area contributed by atoms with Gasteiger partial charge in [-0.1, -0.05) is 13.2 Å². The van der Waals surface area contributed by atoms with E-state index in [-0.39, 0.29) is 12.7 Å². The van der Waals surface area contributed by atoms with Crippen molar-refractivity contribution in [2.75, 3.05) is 33.0 Å². The van der Waals surface area contributed by atoms with E-state index in [0.29, 0.717) is 32.0 Å². The molecule has 1 atom stereocenters. The molecule has 0 aromatic rings. The molecule has 5 heteroatoms. The van der Waals surface area contributed by atoms with E-state index in [1.165, 1.54) is 6.26 Å². The Labute approximate surface area is 108 Å². The Kier molecular flexibility index (Phi) is 10.0. The number of esters is 1. The van der Waals surface area contributed by atoms with Gasteiger partial charge >= 0.3 is 5.97 Å². The van der Waals surface area contributed by atoms with Crippen LogP contribution in [0, 0.1) is 0 Å². The first kappa shape index (κ1) is 16.7. The first-order valence-electron chi connectivity index (χ1n) is 5.82. The second-order valence-electron chi connectivity index (χ2n) is 3.71. The quantitative estimate of drug-likeness (QED) is 0.244. The van der Waals surface area contributed by atoms with Crippen LogP contribution in [0.4, 0.5) is 0 Å². The molecule has 0 saturated carbocycles. The van der Waals surface area contributed by atoms with Crippen molar-refractivity contribution in [3.05, 3.63) is 25.0 Å². The van der Waals surface area contributed by atoms with Gasteiger partial charge in [0.25, 0.3) is 0 Å². The molecule has 0 aliphatic rings. The zero-order valence-electron chi connectivity index (χ0n) is 11.1. The summed E-state index contributed by atoms with van der Waals surface area (Å²) >= 11 is 0. The first-order chi connectivity index (χ1) is 8.57. The molecule has 0 aromatic carbocycles. The predicted octanol–water partition coefficient (Wildman–Crippen LogP) is 1.69. The molecule has 0 amide bonds. The summed E-state index contributed by atoms with van der Waals surface area (Å²) < 4.78 is 20.4. The largest absolute Gasteiger partial charge is 0.499 e. The molecule has 0 fully saturated rings. The smallest absolute Gasteiger partial charge is 0.333 e. The van der Waals surface area contributed by atoms with E-state index in [1.807, 2.05) is 6.92 Å². The fraction of sp³-hybridized carbons (Fsp3) is 0.615. The van der Waals surface area contributed by atoms with Crippen LogP contribution in [-0.4, -0.2) is 45.1 Å². The van der Waals surface area contributed by atoms with Gasteiger partial charge in [0.2, 0.25) is 0 Å². The van der Waals surface area contributed by atoms with Crippen LogP contribution in [0.25, 0.3) is 0 Å². The van der Waals surface area contributed by atoms with Crippen molar-refractivity contribution < 1.29 is 23.7 Å². The second kappa shape index (κ2) is 10.8. The van der Waals surface area contributed by atoms with E-state index in [0.717, 1.165) is 0 Å². The van der Waals surface area contributed by atoms with Crippen LogP contribution < -0.4 is 0 Å². The SMILES string of the molecule is C=COCC(C)OCCOCCOC(=O)C(=C)C. The van der Waals surface area contributed by atoms with Crippen molar-refractivity contribution in [3.8, 4) is 0 Å². The molecular weight excluding hydrogens is 236 g/mol. The lowest BCUT2D eigenvalue weighted by Gasteiger charge is -2.12. The van der Waals surface area contributed by atoms with Crippen molar-refractivity contribution in [2.24, 2.45) is 0 Å². The Balaban J connectivity index is 3.28. The van der Waals surface area contributed by atoms with E-state index in [4.69, 9.17) is 18.9 Å². The van der Waals surface area contributed by atoms with Gasteiger partial charge < -0.3 is 18.9 Å². The van der Waals surface area contributed by atoms with Gasteiger partial charge in [0, 0.05) is 5.57 Å². The first-order valence-corrected chi connectivity index (χ1v) is 5.82. The normalized spacial score (nSPS) is 11.7. The van der Waals surface area contributed by atoms with E-state index in [2.05, 4.69) is 13.2 Å². The van der Waals surface area contributed by atoms with E-state index in [1.54, 1.807) is 6.92 Å². The Bertz CT molecular complexity index is 262. The highest BCUT2D eigenvalue weighted by Gasteiger charge is 2.03. The minimum atomic E-state index is -0.398. The third-order valence-electron chi connectivity index (χ3n) is 1.89. The van der Waals surface area contributed by atoms with Crippen molar-refractivity contribution in [1.82, 2.24) is 0 Å². The molecule has 0 heterocycles. The molecule has 0 saturated heterocycles. The topological polar surface area (TPSA) is 54.0 Å². The highest BCUT2D eigenvalue weighted by molar-refractivity contribution is 5.86. The van der Waals surface area contributed by atoms with Crippen molar-refractivity contribution >= 4 is 5.97 Å². The average molecular weight is 258 g/mol. The van der Waals surface area contributed by atoms with Gasteiger partial charge in [0.1, 0.15) is 13.2 Å². The van der Waals surface area contributed by atoms with Crippen LogP contribution in [0.5, 0.6) is 0 Å². The molecule has 0 N–H and O–H groups in total. The van der Waals surface area contributed by atoms with Crippen molar-refractivity contribution in [3.63, 3.8) is 0 Å². The maximum atomic E-state index is 11.0. The fourth-order valence-corrected chi connectivity index (χ4v) is 0.978. The van der Waals surface area contributed by atoms with E-state index < -0.39 is 5.97 Å². The van der Waals surface area contributed by atoms with Gasteiger partial charge in [-0.05, 0) is 13.8 Å². The zero-order valence-corrected chi connectivity index (χ0v) is 11.1. The highest BCUT2D eigenvalue weighted by Crippen LogP contribution is 1.93. The molecule has 0 radical (unpaired) electrons. The number of carbonyl (C=O) groups is 1. The monoisotopic (exact) mass is 258 g/mol. The lowest BCUT2D eigenvalue weighted by molar-refractivity contribution is -0.140. The van der Waals surface area contributed by atoms with Crippen molar-refractivity contribution in [2.45, 2.75) is 20.0 Å². The molecule has 5 nitrogen and oxygen atoms in total. The number of carbonyl (C=O) groups excluding carboxylic acids is 1. The predicted molar refractivity (Wildman–Crippen MR) is 68.2 cm³/mol. The molecule has 0 aromatic heterocycles. The standard InChI is InChI=1S/C13H22O5/c1-5-15-10-12(4)17-8-6-16-7-9-18-13(14)11(2)3/h5,12H,1-2,6-10H2,3-4H3. The summed E-state index contributed by atoms with van der Waals surface area (Å²) in [4.78, 5) is 11.0. The summed E-state index contributed by atoms with van der Waals surface area (Å²) in [6.45, 7) is 12.4. The van der Waals surface area contributed by atoms with E-state index in [9.17, 15) is 4.79 Å². The maximum absolute atomic E-state index is 11.0. The van der Waals surface area contributed by atoms with Crippen LogP contribution in [-0.2, 0) is 23.7 Å². The molecule has 18 heavy (non-hydrogen) atoms. The maximum Gasteiger partial charge on any atom is 0.333 e. The third-order valence-corrected chi connectivity index (χ3v) is 1.89. The molecule has 0 spiro atoms. The van der Waals surface area contributed by atoms with Gasteiger partial charge in [-0.25, -0.2) is 4.79 Å². The Morgan fingerprint density at radius 3 is 2.56 bits per heavy atom. The summed E-state index contributed by atoms with van der Waals surface area (Å²) in [6, 6.07) is 0. The van der Waals surface area contributed by atoms with Crippen molar-refractivity contribution in [1.29, 1.82) is 0 Å². The third kappa shape index (κ3) is 9.86. The Hall–Kier alpha value is -1.33. The Morgan fingerprint density at radius 2 is 1.94 bits per heavy atom. The molecular formula is C13H22O5. The van der Waals surface area contributed by atoms with Crippen LogP contribution >= 0.6 is 0 Å². The molecule has 1 unspecified atom stereocenters. The molecule has 0 aliphatic carbocycles. The van der Waals surface area contributed by atoms with Gasteiger partial charge in [0.15, 0.2) is 0 Å². The van der Waals surface area contributed by atoms with Crippen LogP contribution in [0.3, 0.4) is 0 Å². The van der Waals surface area contributed by atoms with Gasteiger partial charge in [-0.15, -0.1) is 0 Å². The molecule has 0 bridgehead atoms. The molecule has 0 rings (SSSR count). The molecule has 0 aliphatic heterocycles. The number of ether oxygens (including phenoxy) is 4. The average Bonchev–Trinajstić information content (AvgIpc) is 2.34. The minimum Gasteiger partial charge on any atom is -0.499 e. The lowest BCUT2D eigenvalue weighted by atomic mass is 10.4. The highest BCUT2D eigenvalue weighted by atomic mass is 16.6. The number of hydrogen-bond donors (Lipinski definition) is 0. The fourth-order valence-electron chi connectivity index (χ4n) is 0.978. The molecule has 104 valence electrons. The Morgan fingerprint density at radius 1 is 1.28 bits per heavy atom.